The van der Waals surface area contributed by atoms with Gasteiger partial charge >= 0.3 is 0 Å². The Morgan fingerprint density at radius 2 is 2.00 bits per heavy atom. The summed E-state index contributed by atoms with van der Waals surface area (Å²) in [7, 11) is 0. The van der Waals surface area contributed by atoms with Crippen LogP contribution < -0.4 is 5.84 Å². The molecule has 2 aliphatic heterocycles. The number of hydrogen-bond acceptors (Lipinski definition) is 5. The summed E-state index contributed by atoms with van der Waals surface area (Å²) in [5.74, 6) is 6.36. The quantitative estimate of drug-likeness (QED) is 0.464. The molecule has 0 amide bonds. The van der Waals surface area contributed by atoms with Crippen LogP contribution in [-0.2, 0) is 0 Å². The van der Waals surface area contributed by atoms with Gasteiger partial charge in [0.15, 0.2) is 0 Å². The van der Waals surface area contributed by atoms with E-state index >= 15 is 0 Å². The minimum Gasteiger partial charge on any atom is -0.321 e. The van der Waals surface area contributed by atoms with E-state index < -0.39 is 0 Å². The van der Waals surface area contributed by atoms with Gasteiger partial charge in [0.25, 0.3) is 0 Å². The highest BCUT2D eigenvalue weighted by Gasteiger charge is 2.08. The summed E-state index contributed by atoms with van der Waals surface area (Å²) in [4.78, 5) is 12.6. The Kier molecular flexibility index (Phi) is 0.830. The van der Waals surface area contributed by atoms with Crippen molar-refractivity contribution in [2.75, 3.05) is 5.84 Å². The van der Waals surface area contributed by atoms with Crippen LogP contribution in [-0.4, -0.2) is 24.8 Å². The number of imidazole rings is 1. The Hall–Kier alpha value is -1.72. The summed E-state index contributed by atoms with van der Waals surface area (Å²) >= 11 is 0. The van der Waals surface area contributed by atoms with Gasteiger partial charge in [-0.15, -0.1) is 5.10 Å². The van der Waals surface area contributed by atoms with Gasteiger partial charge in [-0.2, -0.15) is 4.79 Å². The molecule has 50 valence electrons. The monoisotopic (exact) mass is 136 g/mol. The lowest BCUT2D eigenvalue weighted by molar-refractivity contribution is 0.764. The molecule has 0 aliphatic carbocycles. The Morgan fingerprint density at radius 1 is 1.20 bits per heavy atom. The molecule has 0 bridgehead atoms. The molecule has 0 aromatic carbocycles. The average molecular weight is 136 g/mol. The van der Waals surface area contributed by atoms with Gasteiger partial charge in [0, 0.05) is 0 Å². The highest BCUT2D eigenvalue weighted by Crippen LogP contribution is 2.06. The van der Waals surface area contributed by atoms with E-state index in [9.17, 15) is 0 Å². The number of hydrogen-bond donors (Lipinski definition) is 1. The highest BCUT2D eigenvalue weighted by atomic mass is 15.5. The second-order valence-corrected chi connectivity index (χ2v) is 1.73. The summed E-state index contributed by atoms with van der Waals surface area (Å²) in [5.41, 5.74) is 0. The molecule has 0 atom stereocenters. The van der Waals surface area contributed by atoms with Gasteiger partial charge in [-0.3, -0.25) is 0 Å². The predicted octanol–water partition coefficient (Wildman–Crippen LogP) is -1.11. The highest BCUT2D eigenvalue weighted by molar-refractivity contribution is 5.42. The van der Waals surface area contributed by atoms with E-state index in [0.29, 0.717) is 11.6 Å². The van der Waals surface area contributed by atoms with Gasteiger partial charge in [0.2, 0.25) is 11.6 Å². The molecule has 10 heavy (non-hydrogen) atoms. The third kappa shape index (κ3) is 0.524. The van der Waals surface area contributed by atoms with E-state index in [1.54, 1.807) is 0 Å². The smallest absolute Gasteiger partial charge is 0.218 e. The Morgan fingerprint density at radius 3 is 2.80 bits per heavy atom. The van der Waals surface area contributed by atoms with E-state index in [1.807, 2.05) is 0 Å². The molecule has 0 fully saturated rings. The predicted molar refractivity (Wildman–Crippen MR) is 32.4 cm³/mol. The van der Waals surface area contributed by atoms with Crippen LogP contribution in [0.5, 0.6) is 0 Å². The van der Waals surface area contributed by atoms with Crippen molar-refractivity contribution in [1.82, 2.24) is 24.8 Å². The molecule has 0 unspecified atom stereocenters. The minimum atomic E-state index is 0.488. The van der Waals surface area contributed by atoms with E-state index in [0.717, 1.165) is 4.79 Å². The van der Waals surface area contributed by atoms with E-state index in [2.05, 4.69) is 20.1 Å². The van der Waals surface area contributed by atoms with Crippen molar-refractivity contribution in [2.24, 2.45) is 0 Å². The zero-order valence-electron chi connectivity index (χ0n) is 4.97. The van der Waals surface area contributed by atoms with Crippen LogP contribution in [0.4, 0.5) is 0 Å². The lowest BCUT2D eigenvalue weighted by Crippen LogP contribution is -2.16. The van der Waals surface area contributed by atoms with Gasteiger partial charge in [0.05, 0.1) is 0 Å². The van der Waals surface area contributed by atoms with Crippen LogP contribution in [0, 0.1) is 0 Å². The SMILES string of the molecule is Nn1ncnc2ncnc1-2. The first-order chi connectivity index (χ1) is 4.88. The van der Waals surface area contributed by atoms with Crippen LogP contribution in [0.2, 0.25) is 0 Å². The van der Waals surface area contributed by atoms with Crippen molar-refractivity contribution in [2.45, 2.75) is 0 Å². The fraction of sp³-hybridized carbons (Fsp3) is 0. The van der Waals surface area contributed by atoms with Crippen molar-refractivity contribution in [3.8, 4) is 11.6 Å². The van der Waals surface area contributed by atoms with Gasteiger partial charge in [-0.05, 0) is 0 Å². The number of nitrogen functional groups attached to an aromatic ring is 1. The molecule has 0 aromatic rings. The van der Waals surface area contributed by atoms with Crippen LogP contribution in [0.1, 0.15) is 0 Å². The Balaban J connectivity index is 2.80. The normalized spacial score (nSPS) is 10.4. The molecular formula is C4H4N6. The molecule has 0 radical (unpaired) electrons. The summed E-state index contributed by atoms with van der Waals surface area (Å²) in [6.07, 6.45) is 2.72. The molecule has 0 aromatic heterocycles. The van der Waals surface area contributed by atoms with Crippen LogP contribution >= 0.6 is 0 Å². The first kappa shape index (κ1) is 5.10. The minimum absolute atomic E-state index is 0.488. The molecule has 6 nitrogen and oxygen atoms in total. The molecule has 6 heteroatoms. The van der Waals surface area contributed by atoms with E-state index in [4.69, 9.17) is 5.84 Å². The Labute approximate surface area is 56.0 Å². The number of fused-ring (bicyclic) bond motifs is 1. The number of rotatable bonds is 0. The fourth-order valence-electron chi connectivity index (χ4n) is 0.697. The second-order valence-electron chi connectivity index (χ2n) is 1.73. The number of aromatic nitrogens is 5. The van der Waals surface area contributed by atoms with Crippen molar-refractivity contribution in [3.63, 3.8) is 0 Å². The van der Waals surface area contributed by atoms with Gasteiger partial charge in [-0.25, -0.2) is 15.0 Å². The average Bonchev–Trinajstić information content (AvgIpc) is 2.36. The standard InChI is InChI=1S/C4H4N6/c5-10-4-3(6-1-8-4)7-2-9-10/h1-2H,5H2. The van der Waals surface area contributed by atoms with Crippen LogP contribution in [0.3, 0.4) is 0 Å². The molecule has 2 N–H and O–H groups in total. The zero-order chi connectivity index (χ0) is 6.97. The van der Waals surface area contributed by atoms with Gasteiger partial charge in [-0.1, -0.05) is 0 Å². The van der Waals surface area contributed by atoms with Gasteiger partial charge < -0.3 is 5.84 Å². The van der Waals surface area contributed by atoms with Gasteiger partial charge in [0.1, 0.15) is 12.7 Å². The van der Waals surface area contributed by atoms with Crippen LogP contribution in [0.15, 0.2) is 12.7 Å². The first-order valence-electron chi connectivity index (χ1n) is 2.64. The fourth-order valence-corrected chi connectivity index (χ4v) is 0.697. The molecule has 2 rings (SSSR count). The molecular weight excluding hydrogens is 132 g/mol. The number of nitrogens with zero attached hydrogens (tertiary/aromatic N) is 5. The summed E-state index contributed by atoms with van der Waals surface area (Å²) in [6, 6.07) is 0. The summed E-state index contributed by atoms with van der Waals surface area (Å²) in [5, 5.41) is 3.66. The molecule has 0 saturated carbocycles. The maximum Gasteiger partial charge on any atom is 0.218 e. The summed E-state index contributed by atoms with van der Waals surface area (Å²) < 4.78 is 0. The summed E-state index contributed by atoms with van der Waals surface area (Å²) in [6.45, 7) is 0. The molecule has 0 spiro atoms. The van der Waals surface area contributed by atoms with Crippen molar-refractivity contribution < 1.29 is 0 Å². The second kappa shape index (κ2) is 1.63. The van der Waals surface area contributed by atoms with E-state index in [1.165, 1.54) is 12.7 Å². The maximum atomic E-state index is 5.36. The van der Waals surface area contributed by atoms with Crippen molar-refractivity contribution in [1.29, 1.82) is 0 Å². The molecule has 0 saturated heterocycles. The first-order valence-corrected chi connectivity index (χ1v) is 2.64. The Bertz CT molecular complexity index is 314. The molecule has 2 aliphatic rings. The lowest BCUT2D eigenvalue weighted by atomic mass is 10.6. The van der Waals surface area contributed by atoms with Crippen LogP contribution in [0.25, 0.3) is 11.6 Å². The largest absolute Gasteiger partial charge is 0.321 e. The maximum absolute atomic E-state index is 5.36. The topological polar surface area (TPSA) is 82.5 Å². The lowest BCUT2D eigenvalue weighted by Gasteiger charge is -1.98. The van der Waals surface area contributed by atoms with Crippen molar-refractivity contribution >= 4 is 0 Å². The molecule has 2 heterocycles. The number of nitrogens with two attached hydrogens (primary N) is 1. The van der Waals surface area contributed by atoms with Crippen molar-refractivity contribution in [3.05, 3.63) is 12.7 Å². The van der Waals surface area contributed by atoms with E-state index in [-0.39, 0.29) is 0 Å². The third-order valence-corrected chi connectivity index (χ3v) is 1.13. The zero-order valence-corrected chi connectivity index (χ0v) is 4.97. The third-order valence-electron chi connectivity index (χ3n) is 1.13.